The van der Waals surface area contributed by atoms with Crippen LogP contribution in [0.3, 0.4) is 0 Å². The minimum Gasteiger partial charge on any atom is -0.477 e. The summed E-state index contributed by atoms with van der Waals surface area (Å²) < 4.78 is 5.14. The first kappa shape index (κ1) is 28.6. The number of anilines is 1. The normalized spacial score (nSPS) is 19.4. The molecule has 3 N–H and O–H groups in total. The molecule has 0 radical (unpaired) electrons. The van der Waals surface area contributed by atoms with E-state index in [1.165, 1.54) is 29.3 Å². The molecule has 1 fully saturated rings. The van der Waals surface area contributed by atoms with Crippen molar-refractivity contribution in [3.8, 4) is 0 Å². The second-order valence-electron chi connectivity index (χ2n) is 8.72. The zero-order valence-corrected chi connectivity index (χ0v) is 22.3. The van der Waals surface area contributed by atoms with Crippen LogP contribution in [0.15, 0.2) is 46.6 Å². The number of carbonyl (C=O) groups is 5. The fourth-order valence-electron chi connectivity index (χ4n) is 3.34. The van der Waals surface area contributed by atoms with Crippen molar-refractivity contribution < 1.29 is 38.7 Å². The zero-order chi connectivity index (χ0) is 28.0. The summed E-state index contributed by atoms with van der Waals surface area (Å²) in [5.41, 5.74) is -0.656. The van der Waals surface area contributed by atoms with Crippen LogP contribution in [0.25, 0.3) is 0 Å². The second kappa shape index (κ2) is 12.0. The predicted molar refractivity (Wildman–Crippen MR) is 139 cm³/mol. The van der Waals surface area contributed by atoms with Gasteiger partial charge in [0, 0.05) is 17.2 Å². The summed E-state index contributed by atoms with van der Waals surface area (Å²) in [5, 5.41) is 19.3. The fraction of sp³-hybridized carbons (Fsp3) is 0.348. The molecule has 1 saturated heterocycles. The Morgan fingerprint density at radius 2 is 2.11 bits per heavy atom. The van der Waals surface area contributed by atoms with Gasteiger partial charge in [0.1, 0.15) is 35.0 Å². The molecule has 0 bridgehead atoms. The molecule has 0 saturated carbocycles. The number of β-lactam (4-membered cyclic amide) rings is 1. The highest BCUT2D eigenvalue weighted by atomic mass is 32.2. The molecule has 202 valence electrons. The van der Waals surface area contributed by atoms with Crippen molar-refractivity contribution >= 4 is 64.1 Å². The number of ether oxygens (including phenoxy) is 1. The number of amides is 3. The number of allylic oxidation sites excluding steroid dienone is 1. The molecule has 2 atom stereocenters. The number of nitrogens with one attached hydrogen (secondary N) is 2. The Labute approximate surface area is 225 Å². The first-order chi connectivity index (χ1) is 18.0. The number of aliphatic carboxylic acids is 1. The number of hydrogen-bond donors (Lipinski definition) is 3. The van der Waals surface area contributed by atoms with Gasteiger partial charge in [-0.1, -0.05) is 17.8 Å². The van der Waals surface area contributed by atoms with E-state index in [1.54, 1.807) is 20.8 Å². The summed E-state index contributed by atoms with van der Waals surface area (Å²) in [6.45, 7) is 8.58. The van der Waals surface area contributed by atoms with Gasteiger partial charge in [-0.25, -0.2) is 14.6 Å². The largest absolute Gasteiger partial charge is 0.477 e. The number of fused-ring (bicyclic) bond motifs is 1. The van der Waals surface area contributed by atoms with E-state index in [0.29, 0.717) is 17.7 Å². The number of carbonyl (C=O) groups excluding carboxylic acids is 4. The Morgan fingerprint density at radius 3 is 2.74 bits per heavy atom. The SMILES string of the molecule is C=CC1=C(C(=O)O)N2C(=O)C(NC(=O)C(=NOC/C=C/C(=O)OC(C)(C)C)c3csc(NC=O)n3)[C@@H]2SC1. The van der Waals surface area contributed by atoms with E-state index in [1.807, 2.05) is 0 Å². The van der Waals surface area contributed by atoms with Crippen molar-refractivity contribution in [2.45, 2.75) is 37.8 Å². The third kappa shape index (κ3) is 6.66. The molecule has 3 heterocycles. The zero-order valence-electron chi connectivity index (χ0n) is 20.6. The van der Waals surface area contributed by atoms with Crippen LogP contribution in [-0.2, 0) is 33.5 Å². The number of carboxylic acid groups (broad SMARTS) is 1. The van der Waals surface area contributed by atoms with E-state index in [2.05, 4.69) is 27.4 Å². The lowest BCUT2D eigenvalue weighted by Gasteiger charge is -2.49. The number of nitrogens with zero attached hydrogens (tertiary/aromatic N) is 3. The van der Waals surface area contributed by atoms with Crippen LogP contribution in [-0.4, -0.2) is 80.2 Å². The van der Waals surface area contributed by atoms with Crippen LogP contribution in [0.5, 0.6) is 0 Å². The third-order valence-corrected chi connectivity index (χ3v) is 6.94. The van der Waals surface area contributed by atoms with Crippen molar-refractivity contribution in [1.29, 1.82) is 0 Å². The topological polar surface area (TPSA) is 177 Å². The maximum Gasteiger partial charge on any atom is 0.352 e. The number of thiazole rings is 1. The Morgan fingerprint density at radius 1 is 1.37 bits per heavy atom. The molecule has 2 aliphatic rings. The number of thioether (sulfide) groups is 1. The minimum atomic E-state index is -1.27. The van der Waals surface area contributed by atoms with E-state index in [0.717, 1.165) is 22.3 Å². The first-order valence-corrected chi connectivity index (χ1v) is 13.0. The van der Waals surface area contributed by atoms with Gasteiger partial charge in [0.15, 0.2) is 10.8 Å². The number of esters is 1. The molecule has 1 aromatic heterocycles. The molecule has 0 aliphatic carbocycles. The number of rotatable bonds is 11. The van der Waals surface area contributed by atoms with Crippen molar-refractivity contribution in [2.24, 2.45) is 5.16 Å². The molecule has 1 aromatic rings. The smallest absolute Gasteiger partial charge is 0.352 e. The van der Waals surface area contributed by atoms with E-state index in [9.17, 15) is 29.1 Å². The standard InChI is InChI=1S/C23H25N5O8S2/c1-5-12-9-37-20-16(19(32)28(20)17(12)21(33)34)26-18(31)15(13-10-38-22(25-13)24-11-29)27-35-8-6-7-14(30)36-23(2,3)4/h5-7,10-11,16,20H,1,8-9H2,2-4H3,(H,26,31)(H,33,34)(H,24,25,29)/b7-6+,27-15?/t16?,20-/m0/s1. The molecule has 2 aliphatic heterocycles. The average Bonchev–Trinajstić information content (AvgIpc) is 3.30. The molecule has 15 heteroatoms. The summed E-state index contributed by atoms with van der Waals surface area (Å²) in [6, 6.07) is -1.02. The molecular weight excluding hydrogens is 538 g/mol. The summed E-state index contributed by atoms with van der Waals surface area (Å²) in [5.74, 6) is -2.96. The van der Waals surface area contributed by atoms with Crippen molar-refractivity contribution in [2.75, 3.05) is 17.7 Å². The second-order valence-corrected chi connectivity index (χ2v) is 10.7. The van der Waals surface area contributed by atoms with Crippen LogP contribution in [0.4, 0.5) is 5.13 Å². The molecule has 0 spiro atoms. The van der Waals surface area contributed by atoms with E-state index < -0.39 is 40.8 Å². The molecule has 1 unspecified atom stereocenters. The van der Waals surface area contributed by atoms with E-state index >= 15 is 0 Å². The summed E-state index contributed by atoms with van der Waals surface area (Å²) >= 11 is 2.31. The third-order valence-electron chi connectivity index (χ3n) is 4.86. The average molecular weight is 564 g/mol. The van der Waals surface area contributed by atoms with Crippen LogP contribution >= 0.6 is 23.1 Å². The van der Waals surface area contributed by atoms with Gasteiger partial charge in [0.25, 0.3) is 11.8 Å². The quantitative estimate of drug-likeness (QED) is 0.0675. The molecule has 38 heavy (non-hydrogen) atoms. The number of aromatic nitrogens is 1. The minimum absolute atomic E-state index is 0.0629. The van der Waals surface area contributed by atoms with Crippen LogP contribution < -0.4 is 10.6 Å². The molecule has 3 rings (SSSR count). The Bertz CT molecular complexity index is 1250. The number of carboxylic acids is 1. The maximum atomic E-state index is 13.1. The van der Waals surface area contributed by atoms with Gasteiger partial charge in [-0.3, -0.25) is 19.3 Å². The Hall–Kier alpha value is -3.98. The molecule has 0 aromatic carbocycles. The van der Waals surface area contributed by atoms with E-state index in [4.69, 9.17) is 9.57 Å². The van der Waals surface area contributed by atoms with Crippen LogP contribution in [0, 0.1) is 0 Å². The van der Waals surface area contributed by atoms with Crippen LogP contribution in [0.2, 0.25) is 0 Å². The lowest BCUT2D eigenvalue weighted by atomic mass is 10.0. The van der Waals surface area contributed by atoms with Gasteiger partial charge in [-0.2, -0.15) is 0 Å². The lowest BCUT2D eigenvalue weighted by Crippen LogP contribution is -2.71. The molecule has 3 amide bonds. The summed E-state index contributed by atoms with van der Waals surface area (Å²) in [6.07, 6.45) is 4.31. The highest BCUT2D eigenvalue weighted by Gasteiger charge is 2.54. The van der Waals surface area contributed by atoms with Gasteiger partial charge in [0.2, 0.25) is 6.41 Å². The predicted octanol–water partition coefficient (Wildman–Crippen LogP) is 1.25. The van der Waals surface area contributed by atoms with Crippen molar-refractivity contribution in [1.82, 2.24) is 15.2 Å². The van der Waals surface area contributed by atoms with Crippen LogP contribution in [0.1, 0.15) is 26.5 Å². The maximum absolute atomic E-state index is 13.1. The molecule has 13 nitrogen and oxygen atoms in total. The lowest BCUT2D eigenvalue weighted by molar-refractivity contribution is -0.150. The Balaban J connectivity index is 1.74. The van der Waals surface area contributed by atoms with Crippen molar-refractivity contribution in [3.05, 3.63) is 47.2 Å². The van der Waals surface area contributed by atoms with Gasteiger partial charge in [-0.05, 0) is 32.4 Å². The highest BCUT2D eigenvalue weighted by Crippen LogP contribution is 2.40. The van der Waals surface area contributed by atoms with Gasteiger partial charge >= 0.3 is 11.9 Å². The fourth-order valence-corrected chi connectivity index (χ4v) is 5.33. The monoisotopic (exact) mass is 563 g/mol. The summed E-state index contributed by atoms with van der Waals surface area (Å²) in [7, 11) is 0. The first-order valence-electron chi connectivity index (χ1n) is 11.1. The summed E-state index contributed by atoms with van der Waals surface area (Å²) in [4.78, 5) is 70.6. The van der Waals surface area contributed by atoms with Gasteiger partial charge in [0.05, 0.1) is 0 Å². The number of oxime groups is 1. The number of hydrogen-bond acceptors (Lipinski definition) is 11. The van der Waals surface area contributed by atoms with Crippen molar-refractivity contribution in [3.63, 3.8) is 0 Å². The Kier molecular flexibility index (Phi) is 9.06. The molecular formula is C23H25N5O8S2. The van der Waals surface area contributed by atoms with E-state index in [-0.39, 0.29) is 28.8 Å². The highest BCUT2D eigenvalue weighted by molar-refractivity contribution is 8.00. The van der Waals surface area contributed by atoms with Gasteiger partial charge < -0.3 is 25.3 Å². The van der Waals surface area contributed by atoms with Gasteiger partial charge in [-0.15, -0.1) is 23.1 Å².